The number of benzene rings is 2. The highest BCUT2D eigenvalue weighted by Gasteiger charge is 2.32. The second-order valence-corrected chi connectivity index (χ2v) is 5.65. The molecule has 0 fully saturated rings. The molecule has 0 bridgehead atoms. The Hall–Kier alpha value is -2.34. The van der Waals surface area contributed by atoms with E-state index in [2.05, 4.69) is 15.3 Å². The van der Waals surface area contributed by atoms with E-state index in [-0.39, 0.29) is 12.0 Å². The number of hydrogen-bond acceptors (Lipinski definition) is 3. The van der Waals surface area contributed by atoms with Crippen LogP contribution in [0.5, 0.6) is 0 Å². The van der Waals surface area contributed by atoms with Gasteiger partial charge in [-0.3, -0.25) is 0 Å². The first kappa shape index (κ1) is 16.5. The number of nitrogens with zero attached hydrogens (tertiary/aromatic N) is 2. The summed E-state index contributed by atoms with van der Waals surface area (Å²) in [5.74, 6) is 0.548. The van der Waals surface area contributed by atoms with Crippen LogP contribution in [-0.2, 0) is 12.6 Å². The maximum Gasteiger partial charge on any atom is 0.416 e. The van der Waals surface area contributed by atoms with Crippen LogP contribution in [0.2, 0.25) is 5.02 Å². The molecule has 0 spiro atoms. The molecule has 0 saturated heterocycles. The van der Waals surface area contributed by atoms with E-state index in [4.69, 9.17) is 11.6 Å². The summed E-state index contributed by atoms with van der Waals surface area (Å²) in [5.41, 5.74) is 0.351. The summed E-state index contributed by atoms with van der Waals surface area (Å²) in [6, 6.07) is 10.8. The average Bonchev–Trinajstić information content (AvgIpc) is 2.55. The molecule has 3 nitrogen and oxygen atoms in total. The van der Waals surface area contributed by atoms with Crippen LogP contribution in [0.25, 0.3) is 10.9 Å². The molecule has 0 aliphatic heterocycles. The van der Waals surface area contributed by atoms with E-state index in [1.807, 2.05) is 0 Å². The standard InChI is InChI=1S/C17H13ClF3N3/c18-12-5-6-15-13(9-12)16(24-10-23-15)22-8-7-11-3-1-2-4-14(11)17(19,20)21/h1-6,9-10H,7-8H2,(H,22,23,24). The summed E-state index contributed by atoms with van der Waals surface area (Å²) in [6.45, 7) is 0.311. The lowest BCUT2D eigenvalue weighted by Crippen LogP contribution is -2.13. The van der Waals surface area contributed by atoms with Crippen molar-refractivity contribution in [3.8, 4) is 0 Å². The smallest absolute Gasteiger partial charge is 0.369 e. The van der Waals surface area contributed by atoms with Crippen LogP contribution >= 0.6 is 11.6 Å². The minimum absolute atomic E-state index is 0.224. The van der Waals surface area contributed by atoms with Gasteiger partial charge in [-0.15, -0.1) is 0 Å². The van der Waals surface area contributed by atoms with Crippen molar-refractivity contribution in [2.45, 2.75) is 12.6 Å². The molecular weight excluding hydrogens is 339 g/mol. The predicted molar refractivity (Wildman–Crippen MR) is 88.2 cm³/mol. The maximum absolute atomic E-state index is 13.0. The molecule has 0 amide bonds. The molecule has 7 heteroatoms. The van der Waals surface area contributed by atoms with Gasteiger partial charge in [-0.1, -0.05) is 29.8 Å². The van der Waals surface area contributed by atoms with Crippen molar-refractivity contribution in [1.29, 1.82) is 0 Å². The van der Waals surface area contributed by atoms with E-state index in [0.717, 1.165) is 11.5 Å². The molecule has 1 N–H and O–H groups in total. The topological polar surface area (TPSA) is 37.8 Å². The highest BCUT2D eigenvalue weighted by molar-refractivity contribution is 6.31. The van der Waals surface area contributed by atoms with Crippen LogP contribution in [0.1, 0.15) is 11.1 Å². The summed E-state index contributed by atoms with van der Waals surface area (Å²) >= 11 is 5.98. The van der Waals surface area contributed by atoms with Gasteiger partial charge in [0.05, 0.1) is 11.1 Å². The molecule has 0 atom stereocenters. The largest absolute Gasteiger partial charge is 0.416 e. The number of hydrogen-bond donors (Lipinski definition) is 1. The Balaban J connectivity index is 1.78. The highest BCUT2D eigenvalue weighted by atomic mass is 35.5. The van der Waals surface area contributed by atoms with Gasteiger partial charge in [-0.25, -0.2) is 9.97 Å². The Morgan fingerprint density at radius 3 is 2.62 bits per heavy atom. The maximum atomic E-state index is 13.0. The Kier molecular flexibility index (Phi) is 4.57. The van der Waals surface area contributed by atoms with Gasteiger partial charge >= 0.3 is 6.18 Å². The van der Waals surface area contributed by atoms with Crippen LogP contribution in [0, 0.1) is 0 Å². The lowest BCUT2D eigenvalue weighted by molar-refractivity contribution is -0.138. The molecule has 2 aromatic carbocycles. The fourth-order valence-electron chi connectivity index (χ4n) is 2.50. The fraction of sp³-hybridized carbons (Fsp3) is 0.176. The second-order valence-electron chi connectivity index (χ2n) is 5.22. The monoisotopic (exact) mass is 351 g/mol. The minimum atomic E-state index is -4.36. The van der Waals surface area contributed by atoms with E-state index in [1.54, 1.807) is 24.3 Å². The molecule has 0 aliphatic carbocycles. The van der Waals surface area contributed by atoms with Gasteiger partial charge in [0, 0.05) is 17.0 Å². The van der Waals surface area contributed by atoms with Crippen molar-refractivity contribution in [3.05, 3.63) is 64.9 Å². The van der Waals surface area contributed by atoms with E-state index < -0.39 is 11.7 Å². The van der Waals surface area contributed by atoms with Gasteiger partial charge in [0.15, 0.2) is 0 Å². The minimum Gasteiger partial charge on any atom is -0.369 e. The van der Waals surface area contributed by atoms with E-state index >= 15 is 0 Å². The molecule has 24 heavy (non-hydrogen) atoms. The lowest BCUT2D eigenvalue weighted by Gasteiger charge is -2.13. The molecule has 0 saturated carbocycles. The van der Waals surface area contributed by atoms with Gasteiger partial charge in [0.1, 0.15) is 12.1 Å². The Morgan fingerprint density at radius 1 is 1.04 bits per heavy atom. The van der Waals surface area contributed by atoms with Gasteiger partial charge in [0.25, 0.3) is 0 Å². The van der Waals surface area contributed by atoms with Crippen molar-refractivity contribution in [1.82, 2.24) is 9.97 Å². The normalized spacial score (nSPS) is 11.7. The molecule has 1 heterocycles. The van der Waals surface area contributed by atoms with Crippen molar-refractivity contribution in [2.75, 3.05) is 11.9 Å². The number of alkyl halides is 3. The third-order valence-corrected chi connectivity index (χ3v) is 3.84. The van der Waals surface area contributed by atoms with Crippen LogP contribution in [0.3, 0.4) is 0 Å². The number of aromatic nitrogens is 2. The number of nitrogens with one attached hydrogen (secondary N) is 1. The zero-order valence-corrected chi connectivity index (χ0v) is 13.2. The van der Waals surface area contributed by atoms with E-state index in [9.17, 15) is 13.2 Å². The third-order valence-electron chi connectivity index (χ3n) is 3.61. The molecule has 1 aromatic heterocycles. The molecule has 0 unspecified atom stereocenters. The number of fused-ring (bicyclic) bond motifs is 1. The summed E-state index contributed by atoms with van der Waals surface area (Å²) in [6.07, 6.45) is -2.73. The fourth-order valence-corrected chi connectivity index (χ4v) is 2.67. The van der Waals surface area contributed by atoms with Gasteiger partial charge in [-0.2, -0.15) is 13.2 Å². The number of halogens is 4. The summed E-state index contributed by atoms with van der Waals surface area (Å²) in [4.78, 5) is 8.28. The van der Waals surface area contributed by atoms with E-state index in [0.29, 0.717) is 22.9 Å². The van der Waals surface area contributed by atoms with Crippen LogP contribution in [0.4, 0.5) is 19.0 Å². The SMILES string of the molecule is FC(F)(F)c1ccccc1CCNc1ncnc2ccc(Cl)cc12. The van der Waals surface area contributed by atoms with Crippen LogP contribution < -0.4 is 5.32 Å². The zero-order valence-electron chi connectivity index (χ0n) is 12.4. The Bertz CT molecular complexity index is 865. The first-order valence-corrected chi connectivity index (χ1v) is 7.62. The summed E-state index contributed by atoms with van der Waals surface area (Å²) in [7, 11) is 0. The third kappa shape index (κ3) is 3.59. The van der Waals surface area contributed by atoms with Crippen molar-refractivity contribution < 1.29 is 13.2 Å². The van der Waals surface area contributed by atoms with Crippen LogP contribution in [-0.4, -0.2) is 16.5 Å². The lowest BCUT2D eigenvalue weighted by atomic mass is 10.0. The average molecular weight is 352 g/mol. The zero-order chi connectivity index (χ0) is 17.2. The molecule has 124 valence electrons. The first-order valence-electron chi connectivity index (χ1n) is 7.24. The first-order chi connectivity index (χ1) is 11.4. The summed E-state index contributed by atoms with van der Waals surface area (Å²) in [5, 5.41) is 4.34. The second kappa shape index (κ2) is 6.65. The quantitative estimate of drug-likeness (QED) is 0.722. The van der Waals surface area contributed by atoms with E-state index in [1.165, 1.54) is 18.5 Å². The van der Waals surface area contributed by atoms with Gasteiger partial charge < -0.3 is 5.32 Å². The highest BCUT2D eigenvalue weighted by Crippen LogP contribution is 2.32. The Morgan fingerprint density at radius 2 is 1.83 bits per heavy atom. The van der Waals surface area contributed by atoms with Crippen molar-refractivity contribution >= 4 is 28.3 Å². The van der Waals surface area contributed by atoms with Crippen molar-refractivity contribution in [2.24, 2.45) is 0 Å². The van der Waals surface area contributed by atoms with Crippen molar-refractivity contribution in [3.63, 3.8) is 0 Å². The summed E-state index contributed by atoms with van der Waals surface area (Å²) < 4.78 is 39.0. The number of anilines is 1. The molecule has 3 rings (SSSR count). The molecule has 0 aliphatic rings. The van der Waals surface area contributed by atoms with Crippen LogP contribution in [0.15, 0.2) is 48.8 Å². The molecule has 0 radical (unpaired) electrons. The molecule has 3 aromatic rings. The molecular formula is C17H13ClF3N3. The van der Waals surface area contributed by atoms with Gasteiger partial charge in [0.2, 0.25) is 0 Å². The predicted octanol–water partition coefficient (Wildman–Crippen LogP) is 4.96. The van der Waals surface area contributed by atoms with Gasteiger partial charge in [-0.05, 0) is 36.2 Å². The Labute approximate surface area is 141 Å². The number of rotatable bonds is 4.